The molecule has 0 radical (unpaired) electrons. The van der Waals surface area contributed by atoms with E-state index in [1.54, 1.807) is 11.0 Å². The van der Waals surface area contributed by atoms with Crippen LogP contribution in [0.4, 0.5) is 0 Å². The molecule has 0 unspecified atom stereocenters. The molecule has 2 aliphatic rings. The molecule has 5 nitrogen and oxygen atoms in total. The van der Waals surface area contributed by atoms with Crippen LogP contribution < -0.4 is 0 Å². The van der Waals surface area contributed by atoms with Crippen LogP contribution in [-0.4, -0.2) is 26.4 Å². The Labute approximate surface area is 195 Å². The van der Waals surface area contributed by atoms with Crippen molar-refractivity contribution in [1.29, 1.82) is 5.41 Å². The first-order valence-corrected chi connectivity index (χ1v) is 11.5. The highest BCUT2D eigenvalue weighted by atomic mass is 32.2. The summed E-state index contributed by atoms with van der Waals surface area (Å²) < 4.78 is 2.21. The summed E-state index contributed by atoms with van der Waals surface area (Å²) in [5.74, 6) is -0.201. The third-order valence-electron chi connectivity index (χ3n) is 6.03. The second kappa shape index (κ2) is 7.60. The van der Waals surface area contributed by atoms with Gasteiger partial charge in [0.15, 0.2) is 5.17 Å². The average molecular weight is 449 g/mol. The second-order valence-corrected chi connectivity index (χ2v) is 9.40. The zero-order valence-corrected chi connectivity index (χ0v) is 18.8. The molecule has 0 aliphatic carbocycles. The SMILES string of the molecule is CC1=CN2C(=N)C(=Cc3cn(Cc4cccc5ccccc45)c4ccccc34)C(=O)N=C2S1. The molecule has 6 heteroatoms. The Balaban J connectivity index is 1.45. The average Bonchev–Trinajstić information content (AvgIpc) is 3.37. The predicted octanol–water partition coefficient (Wildman–Crippen LogP) is 6.01. The van der Waals surface area contributed by atoms with Gasteiger partial charge in [0, 0.05) is 40.3 Å². The second-order valence-electron chi connectivity index (χ2n) is 8.19. The number of allylic oxidation sites excluding steroid dienone is 1. The fraction of sp³-hybridized carbons (Fsp3) is 0.0741. The van der Waals surface area contributed by atoms with E-state index in [1.165, 1.54) is 28.1 Å². The van der Waals surface area contributed by atoms with Crippen LogP contribution in [0.2, 0.25) is 0 Å². The normalized spacial score (nSPS) is 17.1. The van der Waals surface area contributed by atoms with E-state index in [9.17, 15) is 4.79 Å². The molecule has 1 N–H and O–H groups in total. The number of hydrogen-bond donors (Lipinski definition) is 1. The van der Waals surface area contributed by atoms with E-state index in [1.807, 2.05) is 25.3 Å². The van der Waals surface area contributed by atoms with Gasteiger partial charge < -0.3 is 4.57 Å². The van der Waals surface area contributed by atoms with Gasteiger partial charge in [-0.25, -0.2) is 0 Å². The summed E-state index contributed by atoms with van der Waals surface area (Å²) in [6.45, 7) is 2.66. The summed E-state index contributed by atoms with van der Waals surface area (Å²) in [6, 6.07) is 23.0. The lowest BCUT2D eigenvalue weighted by molar-refractivity contribution is -0.114. The smallest absolute Gasteiger partial charge is 0.283 e. The van der Waals surface area contributed by atoms with Gasteiger partial charge in [-0.15, -0.1) is 0 Å². The summed E-state index contributed by atoms with van der Waals surface area (Å²) in [4.78, 5) is 19.7. The van der Waals surface area contributed by atoms with E-state index in [0.29, 0.717) is 17.3 Å². The molecule has 1 aromatic heterocycles. The Hall–Kier alpha value is -3.90. The van der Waals surface area contributed by atoms with E-state index in [2.05, 4.69) is 70.4 Å². The Bertz CT molecular complexity index is 1570. The van der Waals surface area contributed by atoms with E-state index < -0.39 is 0 Å². The van der Waals surface area contributed by atoms with Gasteiger partial charge in [0.2, 0.25) is 0 Å². The molecule has 2 aliphatic heterocycles. The van der Waals surface area contributed by atoms with Crippen molar-refractivity contribution in [3.05, 3.63) is 101 Å². The number of para-hydroxylation sites is 1. The molecule has 0 spiro atoms. The first kappa shape index (κ1) is 19.8. The highest BCUT2D eigenvalue weighted by molar-refractivity contribution is 8.17. The largest absolute Gasteiger partial charge is 0.342 e. The summed E-state index contributed by atoms with van der Waals surface area (Å²) in [5, 5.41) is 12.7. The maximum absolute atomic E-state index is 12.8. The van der Waals surface area contributed by atoms with Crippen molar-refractivity contribution < 1.29 is 4.79 Å². The number of fused-ring (bicyclic) bond motifs is 3. The number of aromatic nitrogens is 1. The molecule has 0 saturated heterocycles. The molecular formula is C27H20N4OS. The molecule has 3 aromatic carbocycles. The lowest BCUT2D eigenvalue weighted by Gasteiger charge is -2.22. The highest BCUT2D eigenvalue weighted by Crippen LogP contribution is 2.33. The first-order chi connectivity index (χ1) is 16.1. The van der Waals surface area contributed by atoms with Gasteiger partial charge in [0.1, 0.15) is 5.84 Å². The number of benzene rings is 3. The lowest BCUT2D eigenvalue weighted by Crippen LogP contribution is -2.35. The summed E-state index contributed by atoms with van der Waals surface area (Å²) in [5.41, 5.74) is 3.53. The monoisotopic (exact) mass is 448 g/mol. The highest BCUT2D eigenvalue weighted by Gasteiger charge is 2.33. The molecule has 160 valence electrons. The van der Waals surface area contributed by atoms with Gasteiger partial charge in [-0.1, -0.05) is 72.4 Å². The number of amidine groups is 2. The Morgan fingerprint density at radius 3 is 2.64 bits per heavy atom. The van der Waals surface area contributed by atoms with Crippen molar-refractivity contribution in [2.24, 2.45) is 4.99 Å². The van der Waals surface area contributed by atoms with Crippen LogP contribution >= 0.6 is 11.8 Å². The number of aliphatic imine (C=N–C) groups is 1. The van der Waals surface area contributed by atoms with E-state index in [-0.39, 0.29) is 11.7 Å². The number of carbonyl (C=O) groups is 1. The molecule has 0 saturated carbocycles. The first-order valence-electron chi connectivity index (χ1n) is 10.7. The minimum atomic E-state index is -0.368. The molecular weight excluding hydrogens is 428 g/mol. The van der Waals surface area contributed by atoms with Crippen LogP contribution in [0.15, 0.2) is 94.6 Å². The molecule has 1 amide bonds. The van der Waals surface area contributed by atoms with Gasteiger partial charge >= 0.3 is 0 Å². The Kier molecular flexibility index (Phi) is 4.55. The van der Waals surface area contributed by atoms with Crippen molar-refractivity contribution in [2.45, 2.75) is 13.5 Å². The molecule has 4 aromatic rings. The van der Waals surface area contributed by atoms with Crippen LogP contribution in [0.25, 0.3) is 27.8 Å². The minimum absolute atomic E-state index is 0.167. The lowest BCUT2D eigenvalue weighted by atomic mass is 10.0. The number of thioether (sulfide) groups is 1. The topological polar surface area (TPSA) is 61.5 Å². The summed E-state index contributed by atoms with van der Waals surface area (Å²) in [6.07, 6.45) is 5.73. The quantitative estimate of drug-likeness (QED) is 0.391. The van der Waals surface area contributed by atoms with Gasteiger partial charge in [-0.05, 0) is 35.4 Å². The molecule has 33 heavy (non-hydrogen) atoms. The molecule has 0 bridgehead atoms. The minimum Gasteiger partial charge on any atom is -0.342 e. The predicted molar refractivity (Wildman–Crippen MR) is 136 cm³/mol. The van der Waals surface area contributed by atoms with Crippen LogP contribution in [0.3, 0.4) is 0 Å². The molecule has 3 heterocycles. The standard InChI is InChI=1S/C27H20N4OS/c1-17-14-31-25(28)23(26(32)29-27(31)33-17)13-20-16-30(24-12-5-4-11-22(20)24)15-19-9-6-8-18-7-2-3-10-21(18)19/h2-14,16,28H,15H2,1H3. The number of nitrogens with one attached hydrogen (secondary N) is 1. The fourth-order valence-corrected chi connectivity index (χ4v) is 5.31. The van der Waals surface area contributed by atoms with E-state index in [4.69, 9.17) is 5.41 Å². The van der Waals surface area contributed by atoms with Gasteiger partial charge in [0.05, 0.1) is 5.57 Å². The van der Waals surface area contributed by atoms with Crippen molar-refractivity contribution in [2.75, 3.05) is 0 Å². The Morgan fingerprint density at radius 1 is 1.00 bits per heavy atom. The fourth-order valence-electron chi connectivity index (χ4n) is 4.49. The van der Waals surface area contributed by atoms with Gasteiger partial charge in [0.25, 0.3) is 5.91 Å². The molecule has 6 rings (SSSR count). The van der Waals surface area contributed by atoms with Crippen molar-refractivity contribution >= 4 is 56.4 Å². The third-order valence-corrected chi connectivity index (χ3v) is 6.93. The number of rotatable bonds is 3. The van der Waals surface area contributed by atoms with Gasteiger partial charge in [-0.3, -0.25) is 15.1 Å². The molecule has 0 atom stereocenters. The van der Waals surface area contributed by atoms with Crippen LogP contribution in [0, 0.1) is 5.41 Å². The summed E-state index contributed by atoms with van der Waals surface area (Å²) >= 11 is 1.42. The number of nitrogens with zero attached hydrogens (tertiary/aromatic N) is 3. The molecule has 0 fully saturated rings. The number of carbonyl (C=O) groups excluding carboxylic acids is 1. The van der Waals surface area contributed by atoms with Gasteiger partial charge in [-0.2, -0.15) is 4.99 Å². The van der Waals surface area contributed by atoms with E-state index in [0.717, 1.165) is 21.4 Å². The van der Waals surface area contributed by atoms with Crippen molar-refractivity contribution in [1.82, 2.24) is 9.47 Å². The van der Waals surface area contributed by atoms with E-state index >= 15 is 0 Å². The maximum Gasteiger partial charge on any atom is 0.283 e. The van der Waals surface area contributed by atoms with Crippen LogP contribution in [0.1, 0.15) is 18.1 Å². The van der Waals surface area contributed by atoms with Crippen molar-refractivity contribution in [3.63, 3.8) is 0 Å². The zero-order valence-electron chi connectivity index (χ0n) is 17.9. The number of amides is 1. The zero-order chi connectivity index (χ0) is 22.5. The Morgan fingerprint density at radius 2 is 1.76 bits per heavy atom. The van der Waals surface area contributed by atoms with Crippen LogP contribution in [0.5, 0.6) is 0 Å². The van der Waals surface area contributed by atoms with Crippen molar-refractivity contribution in [3.8, 4) is 0 Å². The number of hydrogen-bond acceptors (Lipinski definition) is 3. The van der Waals surface area contributed by atoms with Crippen LogP contribution in [-0.2, 0) is 11.3 Å². The maximum atomic E-state index is 12.8. The summed E-state index contributed by atoms with van der Waals surface area (Å²) in [7, 11) is 0. The third kappa shape index (κ3) is 3.31.